The monoisotopic (exact) mass is 285 g/mol. The lowest BCUT2D eigenvalue weighted by Crippen LogP contribution is -2.15. The summed E-state index contributed by atoms with van der Waals surface area (Å²) in [5.41, 5.74) is 0.943. The van der Waals surface area contributed by atoms with E-state index in [1.165, 1.54) is 11.3 Å². The van der Waals surface area contributed by atoms with Crippen LogP contribution in [0.1, 0.15) is 47.5 Å². The van der Waals surface area contributed by atoms with Gasteiger partial charge in [0.05, 0.1) is 12.2 Å². The second-order valence-corrected chi connectivity index (χ2v) is 5.34. The molecule has 1 rings (SSSR count). The first-order chi connectivity index (χ1) is 9.01. The summed E-state index contributed by atoms with van der Waals surface area (Å²) in [6.07, 6.45) is 1.75. The number of rotatable bonds is 6. The van der Waals surface area contributed by atoms with Crippen molar-refractivity contribution in [2.24, 2.45) is 0 Å². The Morgan fingerprint density at radius 1 is 1.37 bits per heavy atom. The van der Waals surface area contributed by atoms with Gasteiger partial charge in [-0.2, -0.15) is 0 Å². The highest BCUT2D eigenvalue weighted by Crippen LogP contribution is 2.33. The summed E-state index contributed by atoms with van der Waals surface area (Å²) in [6.45, 7) is 6.09. The van der Waals surface area contributed by atoms with E-state index in [1.54, 1.807) is 0 Å². The van der Waals surface area contributed by atoms with Crippen molar-refractivity contribution in [2.75, 3.05) is 11.9 Å². The Hall–Kier alpha value is -1.56. The highest BCUT2D eigenvalue weighted by atomic mass is 32.1. The van der Waals surface area contributed by atoms with Crippen molar-refractivity contribution in [3.8, 4) is 0 Å². The van der Waals surface area contributed by atoms with Gasteiger partial charge in [0.2, 0.25) is 0 Å². The van der Waals surface area contributed by atoms with Gasteiger partial charge in [-0.25, -0.2) is 9.59 Å². The van der Waals surface area contributed by atoms with Crippen molar-refractivity contribution >= 4 is 28.4 Å². The van der Waals surface area contributed by atoms with Crippen LogP contribution in [0.4, 0.5) is 9.80 Å². The molecule has 0 aliphatic carbocycles. The first-order valence-electron chi connectivity index (χ1n) is 6.30. The summed E-state index contributed by atoms with van der Waals surface area (Å²) in [4.78, 5) is 23.7. The standard InChI is InChI=1S/C13H19NO4S/c1-4-6-7-18-13(17)14-11-10(12(15)16)9(5-2)8(3)19-11/h4-7H2,1-3H3,(H,14,17)(H,15,16). The van der Waals surface area contributed by atoms with Crippen LogP contribution >= 0.6 is 11.3 Å². The van der Waals surface area contributed by atoms with E-state index in [-0.39, 0.29) is 5.56 Å². The fraction of sp³-hybridized carbons (Fsp3) is 0.538. The Bertz CT molecular complexity index is 467. The molecule has 0 aliphatic rings. The molecule has 0 spiro atoms. The van der Waals surface area contributed by atoms with Crippen LogP contribution in [0.15, 0.2) is 0 Å². The number of aryl methyl sites for hydroxylation is 1. The Labute approximate surface area is 116 Å². The topological polar surface area (TPSA) is 75.6 Å². The molecule has 6 heteroatoms. The summed E-state index contributed by atoms with van der Waals surface area (Å²) in [5.74, 6) is -1.02. The lowest BCUT2D eigenvalue weighted by atomic mass is 10.1. The lowest BCUT2D eigenvalue weighted by Gasteiger charge is -2.06. The Balaban J connectivity index is 2.83. The van der Waals surface area contributed by atoms with E-state index in [1.807, 2.05) is 20.8 Å². The van der Waals surface area contributed by atoms with Crippen molar-refractivity contribution in [1.29, 1.82) is 0 Å². The fourth-order valence-corrected chi connectivity index (χ4v) is 2.88. The maximum absolute atomic E-state index is 11.6. The SMILES string of the molecule is CCCCOC(=O)Nc1sc(C)c(CC)c1C(=O)O. The van der Waals surface area contributed by atoms with E-state index in [9.17, 15) is 14.7 Å². The van der Waals surface area contributed by atoms with Gasteiger partial charge in [-0.05, 0) is 25.3 Å². The molecule has 0 radical (unpaired) electrons. The van der Waals surface area contributed by atoms with E-state index >= 15 is 0 Å². The number of aromatic carboxylic acids is 1. The number of hydrogen-bond acceptors (Lipinski definition) is 4. The Morgan fingerprint density at radius 3 is 2.58 bits per heavy atom. The molecule has 2 N–H and O–H groups in total. The smallest absolute Gasteiger partial charge is 0.412 e. The molecule has 0 saturated heterocycles. The Morgan fingerprint density at radius 2 is 2.05 bits per heavy atom. The van der Waals surface area contributed by atoms with E-state index < -0.39 is 12.1 Å². The number of hydrogen-bond donors (Lipinski definition) is 2. The van der Waals surface area contributed by atoms with Gasteiger partial charge in [-0.15, -0.1) is 11.3 Å². The van der Waals surface area contributed by atoms with Gasteiger partial charge < -0.3 is 9.84 Å². The molecule has 0 atom stereocenters. The molecule has 1 amide bonds. The van der Waals surface area contributed by atoms with Crippen LogP contribution in [-0.4, -0.2) is 23.8 Å². The summed E-state index contributed by atoms with van der Waals surface area (Å²) < 4.78 is 4.97. The van der Waals surface area contributed by atoms with Gasteiger partial charge in [0, 0.05) is 4.88 Å². The number of ether oxygens (including phenoxy) is 1. The highest BCUT2D eigenvalue weighted by molar-refractivity contribution is 7.16. The van der Waals surface area contributed by atoms with E-state index in [0.29, 0.717) is 18.0 Å². The molecule has 106 valence electrons. The number of carboxylic acid groups (broad SMARTS) is 1. The molecule has 1 heterocycles. The zero-order valence-electron chi connectivity index (χ0n) is 11.4. The fourth-order valence-electron chi connectivity index (χ4n) is 1.76. The molecule has 0 aromatic carbocycles. The minimum absolute atomic E-state index is 0.178. The van der Waals surface area contributed by atoms with Crippen molar-refractivity contribution in [2.45, 2.75) is 40.0 Å². The maximum atomic E-state index is 11.6. The van der Waals surface area contributed by atoms with Gasteiger partial charge in [0.15, 0.2) is 0 Å². The van der Waals surface area contributed by atoms with Crippen molar-refractivity contribution in [1.82, 2.24) is 0 Å². The molecule has 0 unspecified atom stereocenters. The molecule has 19 heavy (non-hydrogen) atoms. The number of carbonyl (C=O) groups is 2. The van der Waals surface area contributed by atoms with Crippen molar-refractivity contribution < 1.29 is 19.4 Å². The summed E-state index contributed by atoms with van der Waals surface area (Å²) in [5, 5.41) is 12.1. The van der Waals surface area contributed by atoms with Crippen LogP contribution in [0.25, 0.3) is 0 Å². The predicted octanol–water partition coefficient (Wildman–Crippen LogP) is 3.67. The molecule has 1 aromatic rings. The number of nitrogens with one attached hydrogen (secondary N) is 1. The third-order valence-corrected chi connectivity index (χ3v) is 3.79. The normalized spacial score (nSPS) is 10.3. The van der Waals surface area contributed by atoms with Crippen LogP contribution in [0, 0.1) is 6.92 Å². The molecule has 5 nitrogen and oxygen atoms in total. The molecule has 1 aromatic heterocycles. The molecular weight excluding hydrogens is 266 g/mol. The van der Waals surface area contributed by atoms with E-state index in [4.69, 9.17) is 4.74 Å². The summed E-state index contributed by atoms with van der Waals surface area (Å²) in [6, 6.07) is 0. The van der Waals surface area contributed by atoms with E-state index in [0.717, 1.165) is 23.3 Å². The average Bonchev–Trinajstić information content (AvgIpc) is 2.65. The summed E-state index contributed by atoms with van der Waals surface area (Å²) >= 11 is 1.27. The second-order valence-electron chi connectivity index (χ2n) is 4.11. The number of thiophene rings is 1. The van der Waals surface area contributed by atoms with Crippen LogP contribution in [0.2, 0.25) is 0 Å². The van der Waals surface area contributed by atoms with Gasteiger partial charge in [0.1, 0.15) is 5.00 Å². The predicted molar refractivity (Wildman–Crippen MR) is 75.3 cm³/mol. The minimum atomic E-state index is -1.02. The average molecular weight is 285 g/mol. The number of carbonyl (C=O) groups excluding carboxylic acids is 1. The minimum Gasteiger partial charge on any atom is -0.478 e. The molecule has 0 bridgehead atoms. The molecule has 0 aliphatic heterocycles. The lowest BCUT2D eigenvalue weighted by molar-refractivity contribution is 0.0697. The Kier molecular flexibility index (Phi) is 5.82. The quantitative estimate of drug-likeness (QED) is 0.782. The van der Waals surface area contributed by atoms with Crippen LogP contribution < -0.4 is 5.32 Å². The van der Waals surface area contributed by atoms with Crippen LogP contribution in [-0.2, 0) is 11.2 Å². The van der Waals surface area contributed by atoms with Gasteiger partial charge >= 0.3 is 12.1 Å². The second kappa shape index (κ2) is 7.13. The number of unbranched alkanes of at least 4 members (excludes halogenated alkanes) is 1. The van der Waals surface area contributed by atoms with Crippen molar-refractivity contribution in [3.05, 3.63) is 16.0 Å². The zero-order chi connectivity index (χ0) is 14.4. The van der Waals surface area contributed by atoms with Crippen molar-refractivity contribution in [3.63, 3.8) is 0 Å². The first-order valence-corrected chi connectivity index (χ1v) is 7.12. The first kappa shape index (κ1) is 15.5. The highest BCUT2D eigenvalue weighted by Gasteiger charge is 2.22. The van der Waals surface area contributed by atoms with E-state index in [2.05, 4.69) is 5.32 Å². The molecular formula is C13H19NO4S. The largest absolute Gasteiger partial charge is 0.478 e. The third kappa shape index (κ3) is 3.96. The van der Waals surface area contributed by atoms with Crippen LogP contribution in [0.3, 0.4) is 0 Å². The third-order valence-electron chi connectivity index (χ3n) is 2.72. The maximum Gasteiger partial charge on any atom is 0.412 e. The van der Waals surface area contributed by atoms with Gasteiger partial charge in [-0.3, -0.25) is 5.32 Å². The van der Waals surface area contributed by atoms with Crippen LogP contribution in [0.5, 0.6) is 0 Å². The van der Waals surface area contributed by atoms with Gasteiger partial charge in [-0.1, -0.05) is 20.3 Å². The summed E-state index contributed by atoms with van der Waals surface area (Å²) in [7, 11) is 0. The molecule has 0 saturated carbocycles. The number of anilines is 1. The number of carboxylic acids is 1. The van der Waals surface area contributed by atoms with Gasteiger partial charge in [0.25, 0.3) is 0 Å². The molecule has 0 fully saturated rings. The zero-order valence-corrected chi connectivity index (χ0v) is 12.2. The number of amides is 1.